The highest BCUT2D eigenvalue weighted by Gasteiger charge is 2.39. The summed E-state index contributed by atoms with van der Waals surface area (Å²) < 4.78 is 0. The van der Waals surface area contributed by atoms with Crippen molar-refractivity contribution in [3.8, 4) is 0 Å². The molecule has 1 rings (SSSR count). The number of hydrogen-bond donors (Lipinski definition) is 2. The first kappa shape index (κ1) is 17.4. The highest BCUT2D eigenvalue weighted by Crippen LogP contribution is 2.37. The predicted molar refractivity (Wildman–Crippen MR) is 84.6 cm³/mol. The Hall–Kier alpha value is -0.610. The van der Waals surface area contributed by atoms with Gasteiger partial charge in [-0.05, 0) is 52.2 Å². The molecule has 1 aliphatic rings. The number of amides is 1. The van der Waals surface area contributed by atoms with E-state index in [1.54, 1.807) is 0 Å². The molecule has 0 spiro atoms. The van der Waals surface area contributed by atoms with Gasteiger partial charge < -0.3 is 16.0 Å². The van der Waals surface area contributed by atoms with Crippen LogP contribution in [-0.2, 0) is 4.79 Å². The zero-order valence-corrected chi connectivity index (χ0v) is 13.6. The van der Waals surface area contributed by atoms with Gasteiger partial charge in [0.15, 0.2) is 0 Å². The molecule has 0 bridgehead atoms. The molecular formula is C16H33N3O. The summed E-state index contributed by atoms with van der Waals surface area (Å²) >= 11 is 0. The minimum atomic E-state index is -0.271. The Morgan fingerprint density at radius 1 is 1.30 bits per heavy atom. The lowest BCUT2D eigenvalue weighted by atomic mass is 9.85. The summed E-state index contributed by atoms with van der Waals surface area (Å²) in [5, 5.41) is 3.19. The third-order valence-corrected chi connectivity index (χ3v) is 4.82. The second-order valence-corrected chi connectivity index (χ2v) is 6.24. The molecule has 20 heavy (non-hydrogen) atoms. The van der Waals surface area contributed by atoms with Crippen LogP contribution in [0.4, 0.5) is 0 Å². The van der Waals surface area contributed by atoms with Crippen molar-refractivity contribution < 1.29 is 4.79 Å². The molecule has 1 saturated carbocycles. The van der Waals surface area contributed by atoms with Crippen LogP contribution in [0.3, 0.4) is 0 Å². The Bertz CT molecular complexity index is 283. The fourth-order valence-electron chi connectivity index (χ4n) is 3.19. The number of nitrogens with two attached hydrogens (primary N) is 1. The van der Waals surface area contributed by atoms with Gasteiger partial charge in [-0.1, -0.05) is 26.7 Å². The zero-order chi connectivity index (χ0) is 15.0. The van der Waals surface area contributed by atoms with E-state index in [4.69, 9.17) is 5.73 Å². The van der Waals surface area contributed by atoms with Gasteiger partial charge >= 0.3 is 0 Å². The van der Waals surface area contributed by atoms with Crippen LogP contribution >= 0.6 is 0 Å². The maximum Gasteiger partial charge on any atom is 0.227 e. The zero-order valence-electron chi connectivity index (χ0n) is 13.6. The molecule has 1 aliphatic carbocycles. The van der Waals surface area contributed by atoms with Crippen LogP contribution in [-0.4, -0.2) is 43.0 Å². The maximum atomic E-state index is 12.4. The Morgan fingerprint density at radius 3 is 2.40 bits per heavy atom. The number of carbonyl (C=O) groups excluding carboxylic acids is 1. The molecule has 4 nitrogen and oxygen atoms in total. The van der Waals surface area contributed by atoms with Crippen molar-refractivity contribution in [2.75, 3.05) is 26.2 Å². The molecule has 0 aliphatic heterocycles. The van der Waals surface area contributed by atoms with Gasteiger partial charge in [-0.15, -0.1) is 0 Å². The van der Waals surface area contributed by atoms with Crippen molar-refractivity contribution in [1.82, 2.24) is 10.2 Å². The van der Waals surface area contributed by atoms with Gasteiger partial charge in [0.05, 0.1) is 5.41 Å². The third kappa shape index (κ3) is 4.74. The SMILES string of the molecule is CCN(CC)CCCC(C)NC(=O)C1(CN)CCCC1. The van der Waals surface area contributed by atoms with Crippen LogP contribution in [0.25, 0.3) is 0 Å². The molecule has 0 heterocycles. The molecule has 118 valence electrons. The van der Waals surface area contributed by atoms with Crippen LogP contribution < -0.4 is 11.1 Å². The van der Waals surface area contributed by atoms with Crippen LogP contribution in [0.2, 0.25) is 0 Å². The maximum absolute atomic E-state index is 12.4. The molecule has 1 fully saturated rings. The minimum Gasteiger partial charge on any atom is -0.353 e. The quantitative estimate of drug-likeness (QED) is 0.681. The van der Waals surface area contributed by atoms with E-state index in [2.05, 4.69) is 31.0 Å². The number of nitrogens with one attached hydrogen (secondary N) is 1. The van der Waals surface area contributed by atoms with E-state index in [1.165, 1.54) is 0 Å². The molecular weight excluding hydrogens is 250 g/mol. The monoisotopic (exact) mass is 283 g/mol. The van der Waals surface area contributed by atoms with Crippen molar-refractivity contribution in [2.45, 2.75) is 65.3 Å². The van der Waals surface area contributed by atoms with Crippen molar-refractivity contribution in [2.24, 2.45) is 11.1 Å². The van der Waals surface area contributed by atoms with Gasteiger partial charge in [0.1, 0.15) is 0 Å². The smallest absolute Gasteiger partial charge is 0.227 e. The summed E-state index contributed by atoms with van der Waals surface area (Å²) in [6.45, 7) is 10.3. The van der Waals surface area contributed by atoms with Crippen LogP contribution in [0.15, 0.2) is 0 Å². The number of carbonyl (C=O) groups is 1. The fourth-order valence-corrected chi connectivity index (χ4v) is 3.19. The summed E-state index contributed by atoms with van der Waals surface area (Å²) in [5.74, 6) is 0.188. The van der Waals surface area contributed by atoms with E-state index in [0.717, 1.165) is 58.2 Å². The van der Waals surface area contributed by atoms with Gasteiger partial charge in [-0.25, -0.2) is 0 Å². The minimum absolute atomic E-state index is 0.188. The molecule has 0 aromatic heterocycles. The standard InChI is InChI=1S/C16H33N3O/c1-4-19(5-2)12-8-9-14(3)18-15(20)16(13-17)10-6-7-11-16/h14H,4-13,17H2,1-3H3,(H,18,20). The predicted octanol–water partition coefficient (Wildman–Crippen LogP) is 2.13. The average Bonchev–Trinajstić information content (AvgIpc) is 2.93. The van der Waals surface area contributed by atoms with Crippen LogP contribution in [0.5, 0.6) is 0 Å². The molecule has 0 radical (unpaired) electrons. The van der Waals surface area contributed by atoms with Gasteiger partial charge in [0, 0.05) is 12.6 Å². The summed E-state index contributed by atoms with van der Waals surface area (Å²) in [7, 11) is 0. The molecule has 0 aromatic rings. The topological polar surface area (TPSA) is 58.4 Å². The van der Waals surface area contributed by atoms with E-state index in [0.29, 0.717) is 6.54 Å². The molecule has 1 unspecified atom stereocenters. The summed E-state index contributed by atoms with van der Waals surface area (Å²) in [6, 6.07) is 0.252. The second kappa shape index (κ2) is 8.63. The van der Waals surface area contributed by atoms with Crippen molar-refractivity contribution in [1.29, 1.82) is 0 Å². The lowest BCUT2D eigenvalue weighted by Crippen LogP contribution is -2.47. The fraction of sp³-hybridized carbons (Fsp3) is 0.938. The first-order valence-electron chi connectivity index (χ1n) is 8.31. The summed E-state index contributed by atoms with van der Waals surface area (Å²) in [6.07, 6.45) is 6.38. The molecule has 4 heteroatoms. The average molecular weight is 283 g/mol. The van der Waals surface area contributed by atoms with E-state index >= 15 is 0 Å². The van der Waals surface area contributed by atoms with Gasteiger partial charge in [-0.2, -0.15) is 0 Å². The number of rotatable bonds is 9. The molecule has 0 saturated heterocycles. The van der Waals surface area contributed by atoms with E-state index < -0.39 is 0 Å². The lowest BCUT2D eigenvalue weighted by molar-refractivity contribution is -0.131. The Morgan fingerprint density at radius 2 is 1.90 bits per heavy atom. The van der Waals surface area contributed by atoms with Crippen molar-refractivity contribution in [3.05, 3.63) is 0 Å². The highest BCUT2D eigenvalue weighted by molar-refractivity contribution is 5.83. The summed E-state index contributed by atoms with van der Waals surface area (Å²) in [4.78, 5) is 14.8. The Kier molecular flexibility index (Phi) is 7.52. The van der Waals surface area contributed by atoms with E-state index in [9.17, 15) is 4.79 Å². The van der Waals surface area contributed by atoms with Gasteiger partial charge in [0.25, 0.3) is 0 Å². The molecule has 3 N–H and O–H groups in total. The first-order chi connectivity index (χ1) is 9.57. The lowest BCUT2D eigenvalue weighted by Gasteiger charge is -2.28. The number of hydrogen-bond acceptors (Lipinski definition) is 3. The van der Waals surface area contributed by atoms with Gasteiger partial charge in [-0.3, -0.25) is 4.79 Å². The summed E-state index contributed by atoms with van der Waals surface area (Å²) in [5.41, 5.74) is 5.58. The molecule has 1 atom stereocenters. The highest BCUT2D eigenvalue weighted by atomic mass is 16.2. The van der Waals surface area contributed by atoms with Crippen LogP contribution in [0.1, 0.15) is 59.3 Å². The van der Waals surface area contributed by atoms with Gasteiger partial charge in [0.2, 0.25) is 5.91 Å². The van der Waals surface area contributed by atoms with E-state index in [-0.39, 0.29) is 17.4 Å². The van der Waals surface area contributed by atoms with Crippen LogP contribution in [0, 0.1) is 5.41 Å². The Balaban J connectivity index is 2.31. The molecule has 0 aromatic carbocycles. The Labute approximate surface area is 124 Å². The normalized spacial score (nSPS) is 19.2. The van der Waals surface area contributed by atoms with Crippen molar-refractivity contribution >= 4 is 5.91 Å². The van der Waals surface area contributed by atoms with E-state index in [1.807, 2.05) is 0 Å². The third-order valence-electron chi connectivity index (χ3n) is 4.82. The second-order valence-electron chi connectivity index (χ2n) is 6.24. The van der Waals surface area contributed by atoms with Crippen molar-refractivity contribution in [3.63, 3.8) is 0 Å². The largest absolute Gasteiger partial charge is 0.353 e. The molecule has 1 amide bonds. The number of nitrogens with zero attached hydrogens (tertiary/aromatic N) is 1. The first-order valence-corrected chi connectivity index (χ1v) is 8.31.